The highest BCUT2D eigenvalue weighted by molar-refractivity contribution is 4.55. The normalized spacial score (nSPS) is 10.3. The Balaban J connectivity index is -0.000000125. The zero-order valence-electron chi connectivity index (χ0n) is 5.21. The Bertz CT molecular complexity index is 34.1. The van der Waals surface area contributed by atoms with Gasteiger partial charge in [0.2, 0.25) is 0 Å². The summed E-state index contributed by atoms with van der Waals surface area (Å²) in [5, 5.41) is 0. The van der Waals surface area contributed by atoms with E-state index in [0.717, 1.165) is 0 Å². The average molecular weight is 105 g/mol. The minimum Gasteiger partial charge on any atom is -0.0776 e. The fraction of sp³-hybridized carbons (Fsp3) is 1.00. The molecule has 0 N–H and O–H groups in total. The summed E-state index contributed by atoms with van der Waals surface area (Å²) in [7, 11) is 0. The van der Waals surface area contributed by atoms with Crippen molar-refractivity contribution in [2.75, 3.05) is 0 Å². The summed E-state index contributed by atoms with van der Waals surface area (Å²) in [6, 6.07) is 0. The Hall–Kier alpha value is 0. The second-order valence-corrected chi connectivity index (χ2v) is 2.91. The fourth-order valence-electron chi connectivity index (χ4n) is 0. The first-order valence-corrected chi connectivity index (χ1v) is 2.56. The van der Waals surface area contributed by atoms with Crippen LogP contribution in [0.4, 0.5) is 0 Å². The highest BCUT2D eigenvalue weighted by Gasteiger charge is 2.03. The summed E-state index contributed by atoms with van der Waals surface area (Å²) in [6.45, 7) is 8.94. The van der Waals surface area contributed by atoms with Crippen LogP contribution in [0.1, 0.15) is 43.0 Å². The Morgan fingerprint density at radius 3 is 1.43 bits per heavy atom. The number of rotatable bonds is 0. The van der Waals surface area contributed by atoms with Crippen LogP contribution in [0.15, 0.2) is 0 Å². The fourth-order valence-corrected chi connectivity index (χ4v) is 0. The van der Waals surface area contributed by atoms with Crippen molar-refractivity contribution >= 4 is 0 Å². The van der Waals surface area contributed by atoms with Crippen LogP contribution in [0.5, 0.6) is 0 Å². The van der Waals surface area contributed by atoms with Crippen molar-refractivity contribution in [2.24, 2.45) is 5.41 Å². The third kappa shape index (κ3) is 10.7. The van der Waals surface area contributed by atoms with Gasteiger partial charge in [-0.15, -0.1) is 0 Å². The summed E-state index contributed by atoms with van der Waals surface area (Å²) in [6.07, 6.45) is 1.27. The van der Waals surface area contributed by atoms with E-state index in [2.05, 4.69) is 27.7 Å². The molecule has 0 nitrogen and oxygen atoms in total. The lowest BCUT2D eigenvalue weighted by Crippen LogP contribution is -2.00. The molecule has 0 amide bonds. The van der Waals surface area contributed by atoms with E-state index in [1.165, 1.54) is 6.42 Å². The topological polar surface area (TPSA) is 0 Å². The SMILES string of the molecule is C.CCC(C)(C)C.[2HH]. The molecule has 0 rings (SSSR count). The van der Waals surface area contributed by atoms with Crippen molar-refractivity contribution in [2.45, 2.75) is 41.5 Å². The average Bonchev–Trinajstić information content (AvgIpc) is 1.35. The Kier molecular flexibility index (Phi) is 4.41. The van der Waals surface area contributed by atoms with Gasteiger partial charge in [0.25, 0.3) is 0 Å². The van der Waals surface area contributed by atoms with E-state index in [1.807, 2.05) is 0 Å². The highest BCUT2D eigenvalue weighted by atomic mass is 14.1. The minimum absolute atomic E-state index is 0. The van der Waals surface area contributed by atoms with E-state index in [4.69, 9.17) is 0 Å². The van der Waals surface area contributed by atoms with Crippen LogP contribution in [0.3, 0.4) is 0 Å². The van der Waals surface area contributed by atoms with Gasteiger partial charge in [0, 0.05) is 1.43 Å². The lowest BCUT2D eigenvalue weighted by atomic mass is 9.94. The van der Waals surface area contributed by atoms with Gasteiger partial charge < -0.3 is 0 Å². The molecule has 0 aliphatic heterocycles. The molecule has 0 aromatic heterocycles. The molecule has 48 valence electrons. The van der Waals surface area contributed by atoms with E-state index >= 15 is 0 Å². The van der Waals surface area contributed by atoms with Gasteiger partial charge in [0.05, 0.1) is 0 Å². The summed E-state index contributed by atoms with van der Waals surface area (Å²) in [4.78, 5) is 0. The second kappa shape index (κ2) is 3.06. The van der Waals surface area contributed by atoms with Crippen LogP contribution < -0.4 is 0 Å². The highest BCUT2D eigenvalue weighted by Crippen LogP contribution is 2.16. The lowest BCUT2D eigenvalue weighted by molar-refractivity contribution is 0.398. The molecule has 0 heterocycles. The van der Waals surface area contributed by atoms with Gasteiger partial charge in [-0.3, -0.25) is 0 Å². The summed E-state index contributed by atoms with van der Waals surface area (Å²) in [5.41, 5.74) is 0.542. The molecule has 7 heavy (non-hydrogen) atoms. The van der Waals surface area contributed by atoms with Crippen molar-refractivity contribution in [3.63, 3.8) is 0 Å². The van der Waals surface area contributed by atoms with E-state index in [-0.39, 0.29) is 8.85 Å². The predicted molar refractivity (Wildman–Crippen MR) is 38.6 cm³/mol. The van der Waals surface area contributed by atoms with Crippen LogP contribution >= 0.6 is 0 Å². The predicted octanol–water partition coefficient (Wildman–Crippen LogP) is 3.32. The molecule has 0 saturated heterocycles. The maximum Gasteiger partial charge on any atom is 0 e. The molecular formula is C7H20. The Labute approximate surface area is 49.4 Å². The van der Waals surface area contributed by atoms with Gasteiger partial charge in [0.1, 0.15) is 0 Å². The van der Waals surface area contributed by atoms with Crippen molar-refractivity contribution in [1.29, 1.82) is 0 Å². The van der Waals surface area contributed by atoms with Crippen LogP contribution in [0, 0.1) is 5.41 Å². The van der Waals surface area contributed by atoms with Gasteiger partial charge in [-0.2, -0.15) is 0 Å². The lowest BCUT2D eigenvalue weighted by Gasteiger charge is -2.12. The standard InChI is InChI=1S/C6H14.CH4.H2/c1-5-6(2,3)4;;/h5H2,1-4H3;1H4;1H/i;;1+1. The number of hydrogen-bond donors (Lipinski definition) is 0. The third-order valence-electron chi connectivity index (χ3n) is 1.06. The van der Waals surface area contributed by atoms with E-state index in [0.29, 0.717) is 5.41 Å². The van der Waals surface area contributed by atoms with Crippen LogP contribution in [0.2, 0.25) is 0 Å². The molecule has 0 aliphatic rings. The summed E-state index contributed by atoms with van der Waals surface area (Å²) >= 11 is 0. The first-order valence-electron chi connectivity index (χ1n) is 2.56. The number of hydrogen-bond acceptors (Lipinski definition) is 0. The maximum atomic E-state index is 2.24. The molecule has 0 unspecified atom stereocenters. The van der Waals surface area contributed by atoms with Crippen molar-refractivity contribution in [3.8, 4) is 0 Å². The van der Waals surface area contributed by atoms with Gasteiger partial charge >= 0.3 is 0 Å². The minimum atomic E-state index is 0. The largest absolute Gasteiger partial charge is 0.0776 e. The third-order valence-corrected chi connectivity index (χ3v) is 1.06. The molecule has 0 bridgehead atoms. The van der Waals surface area contributed by atoms with Crippen LogP contribution in [0.25, 0.3) is 0 Å². The Morgan fingerprint density at radius 2 is 1.43 bits per heavy atom. The van der Waals surface area contributed by atoms with Crippen molar-refractivity contribution in [3.05, 3.63) is 0 Å². The second-order valence-electron chi connectivity index (χ2n) is 2.91. The van der Waals surface area contributed by atoms with E-state index in [9.17, 15) is 0 Å². The smallest absolute Gasteiger partial charge is 0 e. The van der Waals surface area contributed by atoms with E-state index < -0.39 is 0 Å². The molecule has 0 saturated carbocycles. The molecule has 0 radical (unpaired) electrons. The van der Waals surface area contributed by atoms with Gasteiger partial charge in [-0.25, -0.2) is 0 Å². The summed E-state index contributed by atoms with van der Waals surface area (Å²) in [5.74, 6) is 0. The quantitative estimate of drug-likeness (QED) is 0.443. The molecular weight excluding hydrogens is 84.1 g/mol. The zero-order valence-corrected chi connectivity index (χ0v) is 5.21. The van der Waals surface area contributed by atoms with Gasteiger partial charge in [-0.05, 0) is 5.41 Å². The zero-order chi connectivity index (χ0) is 5.21. The van der Waals surface area contributed by atoms with Crippen LogP contribution in [-0.2, 0) is 0 Å². The molecule has 0 aliphatic carbocycles. The molecule has 0 fully saturated rings. The first-order chi connectivity index (χ1) is 2.56. The Morgan fingerprint density at radius 1 is 1.29 bits per heavy atom. The monoisotopic (exact) mass is 105 g/mol. The van der Waals surface area contributed by atoms with Crippen molar-refractivity contribution in [1.82, 2.24) is 0 Å². The van der Waals surface area contributed by atoms with E-state index in [1.54, 1.807) is 0 Å². The summed E-state index contributed by atoms with van der Waals surface area (Å²) < 4.78 is 0. The molecule has 0 aromatic carbocycles. The molecule has 0 heteroatoms. The molecule has 0 atom stereocenters. The van der Waals surface area contributed by atoms with Gasteiger partial charge in [0.15, 0.2) is 0 Å². The van der Waals surface area contributed by atoms with Crippen LogP contribution in [-0.4, -0.2) is 0 Å². The van der Waals surface area contributed by atoms with Gasteiger partial charge in [-0.1, -0.05) is 41.5 Å². The molecule has 0 aromatic rings. The maximum absolute atomic E-state index is 2.24. The van der Waals surface area contributed by atoms with Crippen molar-refractivity contribution < 1.29 is 1.43 Å². The molecule has 0 spiro atoms. The first kappa shape index (κ1) is 10.1.